The van der Waals surface area contributed by atoms with Crippen molar-refractivity contribution in [2.24, 2.45) is 5.92 Å². The van der Waals surface area contributed by atoms with Crippen molar-refractivity contribution >= 4 is 20.0 Å². The van der Waals surface area contributed by atoms with Gasteiger partial charge in [0.15, 0.2) is 0 Å². The fraction of sp³-hybridized carbons (Fsp3) is 0.310. The summed E-state index contributed by atoms with van der Waals surface area (Å²) >= 11 is 0. The van der Waals surface area contributed by atoms with Crippen LogP contribution >= 0.6 is 0 Å². The Bertz CT molecular complexity index is 1700. The fourth-order valence-electron chi connectivity index (χ4n) is 4.41. The van der Waals surface area contributed by atoms with Gasteiger partial charge in [-0.2, -0.15) is 8.61 Å². The van der Waals surface area contributed by atoms with Crippen LogP contribution in [0.2, 0.25) is 0 Å². The van der Waals surface area contributed by atoms with Crippen LogP contribution < -0.4 is 4.74 Å². The number of aliphatic hydroxyl groups is 1. The first kappa shape index (κ1) is 30.6. The lowest BCUT2D eigenvalue weighted by atomic mass is 10.0. The van der Waals surface area contributed by atoms with Gasteiger partial charge in [-0.3, -0.25) is 0 Å². The fourth-order valence-corrected chi connectivity index (χ4v) is 7.47. The minimum absolute atomic E-state index is 0.0561. The third-order valence-electron chi connectivity index (χ3n) is 6.80. The van der Waals surface area contributed by atoms with Crippen LogP contribution in [0.4, 0.5) is 8.78 Å². The molecule has 1 aliphatic rings. The Kier molecular flexibility index (Phi) is 9.16. The first-order valence-corrected chi connectivity index (χ1v) is 15.6. The highest BCUT2D eigenvalue weighted by molar-refractivity contribution is 7.89. The third-order valence-corrected chi connectivity index (χ3v) is 10.7. The molecule has 0 amide bonds. The number of sulfonamides is 2. The number of ether oxygens (including phenoxy) is 1. The van der Waals surface area contributed by atoms with Gasteiger partial charge >= 0.3 is 0 Å². The summed E-state index contributed by atoms with van der Waals surface area (Å²) in [6.45, 7) is 2.54. The van der Waals surface area contributed by atoms with E-state index in [1.54, 1.807) is 19.9 Å². The van der Waals surface area contributed by atoms with Gasteiger partial charge < -0.3 is 9.84 Å². The quantitative estimate of drug-likeness (QED) is 0.433. The van der Waals surface area contributed by atoms with E-state index >= 15 is 0 Å². The molecule has 41 heavy (non-hydrogen) atoms. The Labute approximate surface area is 239 Å². The van der Waals surface area contributed by atoms with Crippen molar-refractivity contribution in [3.8, 4) is 17.6 Å². The third kappa shape index (κ3) is 6.60. The number of fused-ring (bicyclic) bond motifs is 1. The van der Waals surface area contributed by atoms with E-state index < -0.39 is 61.2 Å². The first-order valence-electron chi connectivity index (χ1n) is 12.8. The maximum Gasteiger partial charge on any atom is 0.247 e. The Balaban J connectivity index is 1.76. The van der Waals surface area contributed by atoms with E-state index in [1.165, 1.54) is 61.6 Å². The summed E-state index contributed by atoms with van der Waals surface area (Å²) in [7, 11) is -7.09. The molecule has 0 spiro atoms. The van der Waals surface area contributed by atoms with E-state index in [1.807, 2.05) is 0 Å². The molecule has 3 aromatic rings. The molecule has 1 N–H and O–H groups in total. The van der Waals surface area contributed by atoms with Crippen LogP contribution in [0, 0.1) is 29.4 Å². The molecular formula is C29H30F2N2O6S2. The Morgan fingerprint density at radius 2 is 1.76 bits per heavy atom. The topological polar surface area (TPSA) is 104 Å². The van der Waals surface area contributed by atoms with Gasteiger partial charge in [-0.05, 0) is 55.5 Å². The summed E-state index contributed by atoms with van der Waals surface area (Å²) < 4.78 is 90.0. The zero-order valence-electron chi connectivity index (χ0n) is 22.7. The summed E-state index contributed by atoms with van der Waals surface area (Å²) in [5.41, 5.74) is 0.795. The van der Waals surface area contributed by atoms with Crippen molar-refractivity contribution in [1.82, 2.24) is 8.61 Å². The van der Waals surface area contributed by atoms with Gasteiger partial charge in [-0.25, -0.2) is 25.6 Å². The maximum atomic E-state index is 14.4. The molecule has 3 atom stereocenters. The standard InChI is InChI=1S/C29H30F2N2O6S2/c1-20-17-33(21(2)19-34)41(37,38)29-14-13-23(12-11-22-7-6-8-24(30)15-22)16-26(29)39-27(20)18-32(3)40(35,36)28-10-5-4-9-25(28)31/h4-10,13-16,20-21,27,34H,17-19H2,1-3H3/t20-,21+,27+/m0/s1. The van der Waals surface area contributed by atoms with Gasteiger partial charge in [0.1, 0.15) is 33.3 Å². The summed E-state index contributed by atoms with van der Waals surface area (Å²) in [4.78, 5) is -0.667. The highest BCUT2D eigenvalue weighted by Crippen LogP contribution is 2.34. The van der Waals surface area contributed by atoms with E-state index in [2.05, 4.69) is 11.8 Å². The molecule has 0 unspecified atom stereocenters. The Morgan fingerprint density at radius 1 is 1.07 bits per heavy atom. The minimum Gasteiger partial charge on any atom is -0.487 e. The van der Waals surface area contributed by atoms with Crippen LogP contribution in [0.1, 0.15) is 25.0 Å². The number of rotatable bonds is 6. The van der Waals surface area contributed by atoms with E-state index in [9.17, 15) is 30.7 Å². The second kappa shape index (κ2) is 12.3. The molecular weight excluding hydrogens is 574 g/mol. The summed E-state index contributed by atoms with van der Waals surface area (Å²) in [6.07, 6.45) is -0.865. The second-order valence-corrected chi connectivity index (χ2v) is 13.8. The van der Waals surface area contributed by atoms with Crippen molar-refractivity contribution < 1.29 is 35.5 Å². The number of aliphatic hydroxyl groups excluding tert-OH is 1. The molecule has 0 radical (unpaired) electrons. The zero-order chi connectivity index (χ0) is 29.9. The molecule has 0 bridgehead atoms. The largest absolute Gasteiger partial charge is 0.487 e. The highest BCUT2D eigenvalue weighted by Gasteiger charge is 2.39. The molecule has 12 heteroatoms. The highest BCUT2D eigenvalue weighted by atomic mass is 32.2. The molecule has 3 aromatic carbocycles. The zero-order valence-corrected chi connectivity index (χ0v) is 24.3. The summed E-state index contributed by atoms with van der Waals surface area (Å²) in [5, 5.41) is 9.82. The normalized spacial score (nSPS) is 19.7. The van der Waals surface area contributed by atoms with Crippen molar-refractivity contribution in [3.05, 3.63) is 89.5 Å². The molecule has 4 rings (SSSR count). The Hall–Kier alpha value is -3.34. The predicted molar refractivity (Wildman–Crippen MR) is 149 cm³/mol. The van der Waals surface area contributed by atoms with Crippen molar-refractivity contribution in [1.29, 1.82) is 0 Å². The van der Waals surface area contributed by atoms with E-state index in [-0.39, 0.29) is 23.7 Å². The smallest absolute Gasteiger partial charge is 0.247 e. The van der Waals surface area contributed by atoms with E-state index in [0.29, 0.717) is 11.1 Å². The number of benzene rings is 3. The van der Waals surface area contributed by atoms with Crippen LogP contribution in [0.5, 0.6) is 5.75 Å². The average molecular weight is 605 g/mol. The number of likely N-dealkylation sites (N-methyl/N-ethyl adjacent to an activating group) is 1. The molecule has 0 fully saturated rings. The van der Waals surface area contributed by atoms with Crippen LogP contribution in [-0.4, -0.2) is 69.4 Å². The van der Waals surface area contributed by atoms with Crippen molar-refractivity contribution in [3.63, 3.8) is 0 Å². The second-order valence-electron chi connectivity index (χ2n) is 9.88. The maximum absolute atomic E-state index is 14.4. The van der Waals surface area contributed by atoms with Gasteiger partial charge in [0, 0.05) is 36.7 Å². The lowest BCUT2D eigenvalue weighted by molar-refractivity contribution is 0.0904. The minimum atomic E-state index is -4.25. The first-order chi connectivity index (χ1) is 19.3. The van der Waals surface area contributed by atoms with Gasteiger partial charge in [0.05, 0.1) is 13.2 Å². The van der Waals surface area contributed by atoms with Gasteiger partial charge in [-0.15, -0.1) is 0 Å². The van der Waals surface area contributed by atoms with Gasteiger partial charge in [0.25, 0.3) is 0 Å². The van der Waals surface area contributed by atoms with Crippen LogP contribution in [0.25, 0.3) is 0 Å². The molecule has 0 saturated heterocycles. The molecule has 1 aliphatic heterocycles. The molecule has 0 aliphatic carbocycles. The van der Waals surface area contributed by atoms with Crippen LogP contribution in [0.3, 0.4) is 0 Å². The van der Waals surface area contributed by atoms with E-state index in [4.69, 9.17) is 4.74 Å². The van der Waals surface area contributed by atoms with Gasteiger partial charge in [0.2, 0.25) is 20.0 Å². The lowest BCUT2D eigenvalue weighted by Crippen LogP contribution is -2.50. The van der Waals surface area contributed by atoms with Gasteiger partial charge in [-0.1, -0.05) is 37.0 Å². The molecule has 0 saturated carbocycles. The van der Waals surface area contributed by atoms with Crippen LogP contribution in [-0.2, 0) is 20.0 Å². The number of nitrogens with zero attached hydrogens (tertiary/aromatic N) is 2. The SMILES string of the molecule is C[C@H](CO)N1C[C@H](C)[C@@H](CN(C)S(=O)(=O)c2ccccc2F)Oc2cc(C#Cc3cccc(F)c3)ccc2S1(=O)=O. The monoisotopic (exact) mass is 604 g/mol. The Morgan fingerprint density at radius 3 is 2.41 bits per heavy atom. The molecule has 218 valence electrons. The van der Waals surface area contributed by atoms with E-state index in [0.717, 1.165) is 14.7 Å². The molecule has 1 heterocycles. The van der Waals surface area contributed by atoms with Crippen molar-refractivity contribution in [2.45, 2.75) is 35.8 Å². The summed E-state index contributed by atoms with van der Waals surface area (Å²) in [6, 6.07) is 14.2. The molecule has 8 nitrogen and oxygen atoms in total. The predicted octanol–water partition coefficient (Wildman–Crippen LogP) is 3.45. The summed E-state index contributed by atoms with van der Waals surface area (Å²) in [5.74, 6) is 3.75. The average Bonchev–Trinajstić information content (AvgIpc) is 2.93. The van der Waals surface area contributed by atoms with Crippen molar-refractivity contribution in [2.75, 3.05) is 26.7 Å². The number of hydrogen-bond donors (Lipinski definition) is 1. The molecule has 0 aromatic heterocycles. The van der Waals surface area contributed by atoms with Crippen LogP contribution in [0.15, 0.2) is 76.5 Å². The lowest BCUT2D eigenvalue weighted by Gasteiger charge is -2.37. The number of hydrogen-bond acceptors (Lipinski definition) is 6. The number of halogens is 2.